The molecule has 6 nitrogen and oxygen atoms in total. The summed E-state index contributed by atoms with van der Waals surface area (Å²) in [5, 5.41) is 4.21. The monoisotopic (exact) mass is 376 g/mol. The van der Waals surface area contributed by atoms with Crippen molar-refractivity contribution < 1.29 is 17.8 Å². The number of oxime groups is 1. The lowest BCUT2D eigenvalue weighted by Gasteiger charge is -2.17. The normalized spacial score (nSPS) is 17.5. The van der Waals surface area contributed by atoms with Crippen molar-refractivity contribution in [2.45, 2.75) is 31.4 Å². The zero-order valence-electron chi connectivity index (χ0n) is 14.7. The smallest absolute Gasteiger partial charge is 0.261 e. The van der Waals surface area contributed by atoms with E-state index < -0.39 is 10.1 Å². The van der Waals surface area contributed by atoms with Gasteiger partial charge >= 0.3 is 0 Å². The van der Waals surface area contributed by atoms with Gasteiger partial charge in [0.2, 0.25) is 0 Å². The van der Waals surface area contributed by atoms with Crippen LogP contribution in [0, 0.1) is 0 Å². The van der Waals surface area contributed by atoms with E-state index >= 15 is 0 Å². The lowest BCUT2D eigenvalue weighted by molar-refractivity contribution is 0.0659. The predicted molar refractivity (Wildman–Crippen MR) is 103 cm³/mol. The first-order valence-corrected chi connectivity index (χ1v) is 10.1. The number of nitrogens with zero attached hydrogens (tertiary/aromatic N) is 1. The van der Waals surface area contributed by atoms with Crippen molar-refractivity contribution in [1.29, 1.82) is 0 Å². The fraction of sp³-hybridized carbons (Fsp3) is 0.316. The molecule has 1 heterocycles. The Bertz CT molecular complexity index is 800. The Morgan fingerprint density at radius 1 is 1.12 bits per heavy atom. The van der Waals surface area contributed by atoms with Gasteiger partial charge in [-0.3, -0.25) is 4.55 Å². The molecule has 0 aliphatic carbocycles. The van der Waals surface area contributed by atoms with Crippen LogP contribution >= 0.6 is 0 Å². The minimum absolute atomic E-state index is 0.0103. The first-order valence-electron chi connectivity index (χ1n) is 8.28. The van der Waals surface area contributed by atoms with E-state index in [1.165, 1.54) is 11.1 Å². The van der Waals surface area contributed by atoms with E-state index in [-0.39, 0.29) is 12.1 Å². The maximum atomic E-state index is 9.19. The molecular weight excluding hydrogens is 352 g/mol. The summed E-state index contributed by atoms with van der Waals surface area (Å²) in [6.07, 6.45) is 3.19. The molecule has 0 saturated heterocycles. The molecular formula is C19H24N2O4S. The van der Waals surface area contributed by atoms with Crippen LogP contribution in [0.1, 0.15) is 17.5 Å². The molecule has 1 aliphatic heterocycles. The lowest BCUT2D eigenvalue weighted by atomic mass is 9.97. The average molecular weight is 376 g/mol. The van der Waals surface area contributed by atoms with Gasteiger partial charge in [0.1, 0.15) is 6.10 Å². The second-order valence-electron chi connectivity index (χ2n) is 6.25. The molecule has 0 unspecified atom stereocenters. The van der Waals surface area contributed by atoms with Crippen molar-refractivity contribution in [2.24, 2.45) is 10.9 Å². The maximum absolute atomic E-state index is 9.19. The van der Waals surface area contributed by atoms with Gasteiger partial charge in [-0.1, -0.05) is 65.8 Å². The summed E-state index contributed by atoms with van der Waals surface area (Å²) in [5.41, 5.74) is 9.85. The molecule has 3 rings (SSSR count). The van der Waals surface area contributed by atoms with Crippen LogP contribution in [-0.4, -0.2) is 37.1 Å². The van der Waals surface area contributed by atoms with Crippen molar-refractivity contribution in [3.05, 3.63) is 71.8 Å². The Balaban J connectivity index is 0.000000431. The Morgan fingerprint density at radius 3 is 2.15 bits per heavy atom. The molecule has 7 heteroatoms. The number of nitrogens with two attached hydrogens (primary N) is 1. The van der Waals surface area contributed by atoms with Gasteiger partial charge < -0.3 is 10.6 Å². The van der Waals surface area contributed by atoms with E-state index in [1.807, 2.05) is 36.4 Å². The minimum atomic E-state index is -3.67. The summed E-state index contributed by atoms with van der Waals surface area (Å²) in [6, 6.07) is 20.6. The second kappa shape index (κ2) is 9.47. The number of rotatable bonds is 5. The van der Waals surface area contributed by atoms with E-state index in [0.29, 0.717) is 6.26 Å². The van der Waals surface area contributed by atoms with Gasteiger partial charge in [-0.05, 0) is 17.5 Å². The summed E-state index contributed by atoms with van der Waals surface area (Å²) < 4.78 is 25.9. The van der Waals surface area contributed by atoms with Crippen molar-refractivity contribution in [1.82, 2.24) is 0 Å². The van der Waals surface area contributed by atoms with E-state index in [1.54, 1.807) is 0 Å². The molecule has 26 heavy (non-hydrogen) atoms. The number of hydrogen-bond acceptors (Lipinski definition) is 5. The van der Waals surface area contributed by atoms with Gasteiger partial charge in [0.25, 0.3) is 10.1 Å². The van der Waals surface area contributed by atoms with Crippen LogP contribution in [0.25, 0.3) is 0 Å². The molecule has 2 atom stereocenters. The number of benzene rings is 2. The van der Waals surface area contributed by atoms with Gasteiger partial charge in [0, 0.05) is 18.9 Å². The third-order valence-corrected chi connectivity index (χ3v) is 3.80. The molecule has 0 aromatic heterocycles. The van der Waals surface area contributed by atoms with Crippen LogP contribution in [0.3, 0.4) is 0 Å². The molecule has 0 fully saturated rings. The average Bonchev–Trinajstić information content (AvgIpc) is 3.04. The molecule has 0 spiro atoms. The third kappa shape index (κ3) is 7.77. The SMILES string of the molecule is CS(=O)(=O)O.N[C@@H](Cc1ccccc1)[C@@H]1CC(Cc2ccccc2)=NO1. The van der Waals surface area contributed by atoms with Gasteiger partial charge in [0.15, 0.2) is 0 Å². The maximum Gasteiger partial charge on any atom is 0.261 e. The molecule has 140 valence electrons. The Hall–Kier alpha value is -2.22. The van der Waals surface area contributed by atoms with E-state index in [2.05, 4.69) is 29.4 Å². The van der Waals surface area contributed by atoms with E-state index in [9.17, 15) is 8.42 Å². The Kier molecular flexibility index (Phi) is 7.32. The first-order chi connectivity index (χ1) is 12.3. The van der Waals surface area contributed by atoms with Gasteiger partial charge in [-0.15, -0.1) is 0 Å². The quantitative estimate of drug-likeness (QED) is 0.781. The van der Waals surface area contributed by atoms with Crippen LogP contribution in [0.4, 0.5) is 0 Å². The van der Waals surface area contributed by atoms with Gasteiger partial charge in [0.05, 0.1) is 12.0 Å². The van der Waals surface area contributed by atoms with Gasteiger partial charge in [-0.25, -0.2) is 0 Å². The number of hydrogen-bond donors (Lipinski definition) is 2. The van der Waals surface area contributed by atoms with Crippen molar-refractivity contribution >= 4 is 15.8 Å². The lowest BCUT2D eigenvalue weighted by Crippen LogP contribution is -2.36. The molecule has 2 aromatic rings. The Morgan fingerprint density at radius 2 is 1.62 bits per heavy atom. The highest BCUT2D eigenvalue weighted by molar-refractivity contribution is 7.85. The molecule has 2 aromatic carbocycles. The van der Waals surface area contributed by atoms with Crippen molar-refractivity contribution in [3.63, 3.8) is 0 Å². The summed E-state index contributed by atoms with van der Waals surface area (Å²) in [4.78, 5) is 5.53. The van der Waals surface area contributed by atoms with E-state index in [0.717, 1.165) is 25.0 Å². The van der Waals surface area contributed by atoms with Crippen LogP contribution in [-0.2, 0) is 27.8 Å². The molecule has 0 amide bonds. The fourth-order valence-electron chi connectivity index (χ4n) is 2.63. The zero-order chi connectivity index (χ0) is 19.0. The fourth-order valence-corrected chi connectivity index (χ4v) is 2.63. The summed E-state index contributed by atoms with van der Waals surface area (Å²) in [5.74, 6) is 0. The minimum Gasteiger partial charge on any atom is -0.390 e. The van der Waals surface area contributed by atoms with Crippen LogP contribution in [0.15, 0.2) is 65.8 Å². The molecule has 0 radical (unpaired) electrons. The largest absolute Gasteiger partial charge is 0.390 e. The standard InChI is InChI=1S/C18H20N2O.CH4O3S/c19-17(12-15-9-5-2-6-10-15)18-13-16(20-21-18)11-14-7-3-1-4-8-14;1-5(2,3)4/h1-10,17-18H,11-13,19H2;1H3,(H,2,3,4)/t17-,18-;/m0./s1. The third-order valence-electron chi connectivity index (χ3n) is 3.80. The van der Waals surface area contributed by atoms with Crippen LogP contribution < -0.4 is 5.73 Å². The summed E-state index contributed by atoms with van der Waals surface area (Å²) in [6.45, 7) is 0. The molecule has 1 aliphatic rings. The highest BCUT2D eigenvalue weighted by atomic mass is 32.2. The second-order valence-corrected chi connectivity index (χ2v) is 7.72. The summed E-state index contributed by atoms with van der Waals surface area (Å²) in [7, 11) is -3.67. The highest BCUT2D eigenvalue weighted by Crippen LogP contribution is 2.18. The van der Waals surface area contributed by atoms with Crippen LogP contribution in [0.2, 0.25) is 0 Å². The predicted octanol–water partition coefficient (Wildman–Crippen LogP) is 2.45. The molecule has 3 N–H and O–H groups in total. The zero-order valence-corrected chi connectivity index (χ0v) is 15.5. The highest BCUT2D eigenvalue weighted by Gasteiger charge is 2.27. The first kappa shape index (κ1) is 20.1. The molecule has 0 saturated carbocycles. The topological polar surface area (TPSA) is 102 Å². The van der Waals surface area contributed by atoms with Crippen molar-refractivity contribution in [3.8, 4) is 0 Å². The van der Waals surface area contributed by atoms with E-state index in [4.69, 9.17) is 15.1 Å². The van der Waals surface area contributed by atoms with Crippen LogP contribution in [0.5, 0.6) is 0 Å². The van der Waals surface area contributed by atoms with Crippen molar-refractivity contribution in [2.75, 3.05) is 6.26 Å². The summed E-state index contributed by atoms with van der Waals surface area (Å²) >= 11 is 0. The van der Waals surface area contributed by atoms with Gasteiger partial charge in [-0.2, -0.15) is 8.42 Å². The molecule has 0 bridgehead atoms. The Labute approximate surface area is 154 Å².